The van der Waals surface area contributed by atoms with Crippen LogP contribution in [0.25, 0.3) is 44.5 Å². The van der Waals surface area contributed by atoms with Gasteiger partial charge in [-0.3, -0.25) is 9.59 Å². The van der Waals surface area contributed by atoms with E-state index in [1.807, 2.05) is 56.0 Å². The lowest BCUT2D eigenvalue weighted by Crippen LogP contribution is -2.51. The fraction of sp³-hybridized carbons (Fsp3) is 0.458. The Labute approximate surface area is 368 Å². The minimum absolute atomic E-state index is 0.0112. The molecule has 4 amide bonds. The largest absolute Gasteiger partial charge is 0.453 e. The standard InChI is InChI=1S/C48H52F2N8O6/c1-6-34(55-45(61)63-4)43(59)58-29-11-7-28(17-29)40(58)42-52-35-14-10-26(20-36(35)53-42)25-8-12-30-31-13-9-27(19-33(31)48(49,50)32(30)18-25)37-22-51-41(54-37)38-21-47(15-16-47)23-57(38)44(60)39(24(2)3)56-46(62)64-5/h8-10,12-14,18-20,22,24,28-29,34,38-40H,6-7,11,15-17,21,23H2,1-5H3,(H,51,54)(H,52,53)(H,55,61)(H,56,62). The van der Waals surface area contributed by atoms with E-state index >= 15 is 8.78 Å². The van der Waals surface area contributed by atoms with Gasteiger partial charge >= 0.3 is 12.2 Å². The molecule has 4 heterocycles. The molecule has 3 aliphatic carbocycles. The SMILES string of the molecule is CCC(NC(=O)OC)C(=O)N1C2CCC(C2)C1c1nc2ccc(-c3ccc4c(c3)C(F)(F)c3cc(-c5cnc(C6CC7(CC7)CN6C(=O)C(NC(=O)OC)C(C)C)[nH]5)ccc3-4)cc2[nH]1. The number of likely N-dealkylation sites (tertiary alicyclic amines) is 2. The van der Waals surface area contributed by atoms with Crippen molar-refractivity contribution in [1.82, 2.24) is 40.4 Å². The number of alkyl halides is 2. The van der Waals surface area contributed by atoms with E-state index in [-0.39, 0.29) is 58.3 Å². The highest BCUT2D eigenvalue weighted by molar-refractivity contribution is 5.89. The molecule has 14 nitrogen and oxygen atoms in total. The van der Waals surface area contributed by atoms with Crippen LogP contribution >= 0.6 is 0 Å². The minimum atomic E-state index is -3.28. The van der Waals surface area contributed by atoms with Gasteiger partial charge in [0.2, 0.25) is 11.8 Å². The molecular weight excluding hydrogens is 823 g/mol. The molecule has 1 spiro atoms. The maximum Gasteiger partial charge on any atom is 0.407 e. The van der Waals surface area contributed by atoms with Gasteiger partial charge in [-0.15, -0.1) is 0 Å². The number of benzene rings is 3. The van der Waals surface area contributed by atoms with E-state index in [4.69, 9.17) is 19.4 Å². The third kappa shape index (κ3) is 6.87. The number of fused-ring (bicyclic) bond motifs is 6. The third-order valence-electron chi connectivity index (χ3n) is 14.5. The Morgan fingerprint density at radius 1 is 0.859 bits per heavy atom. The Morgan fingerprint density at radius 3 is 2.22 bits per heavy atom. The first kappa shape index (κ1) is 41.7. The second-order valence-corrected chi connectivity index (χ2v) is 18.7. The Morgan fingerprint density at radius 2 is 1.53 bits per heavy atom. The predicted molar refractivity (Wildman–Crippen MR) is 233 cm³/mol. The van der Waals surface area contributed by atoms with E-state index in [2.05, 4.69) is 20.6 Å². The van der Waals surface area contributed by atoms with Crippen molar-refractivity contribution in [3.05, 3.63) is 83.6 Å². The van der Waals surface area contributed by atoms with Gasteiger partial charge in [-0.25, -0.2) is 19.6 Å². The lowest BCUT2D eigenvalue weighted by atomic mass is 9.97. The van der Waals surface area contributed by atoms with Crippen molar-refractivity contribution in [2.45, 2.75) is 102 Å². The zero-order valence-corrected chi connectivity index (χ0v) is 36.5. The van der Waals surface area contributed by atoms with Crippen molar-refractivity contribution in [2.75, 3.05) is 20.8 Å². The van der Waals surface area contributed by atoms with Crippen molar-refractivity contribution in [1.29, 1.82) is 0 Å². The molecule has 64 heavy (non-hydrogen) atoms. The molecule has 2 aromatic heterocycles. The van der Waals surface area contributed by atoms with Gasteiger partial charge in [0.05, 0.1) is 49.2 Å². The van der Waals surface area contributed by atoms with Crippen LogP contribution in [0.3, 0.4) is 0 Å². The zero-order chi connectivity index (χ0) is 44.8. The zero-order valence-electron chi connectivity index (χ0n) is 36.5. The molecule has 334 valence electrons. The highest BCUT2D eigenvalue weighted by Crippen LogP contribution is 2.59. The minimum Gasteiger partial charge on any atom is -0.453 e. The molecule has 2 saturated carbocycles. The van der Waals surface area contributed by atoms with Gasteiger partial charge in [-0.2, -0.15) is 8.78 Å². The number of methoxy groups -OCH3 is 2. The Kier molecular flexibility index (Phi) is 10.1. The van der Waals surface area contributed by atoms with Crippen molar-refractivity contribution in [2.24, 2.45) is 17.3 Å². The fourth-order valence-electron chi connectivity index (χ4n) is 10.9. The number of rotatable bonds is 10. The number of aromatic amines is 2. The van der Waals surface area contributed by atoms with E-state index in [1.54, 1.807) is 29.3 Å². The molecule has 5 aromatic rings. The molecule has 4 N–H and O–H groups in total. The number of hydrogen-bond acceptors (Lipinski definition) is 8. The molecule has 3 aromatic carbocycles. The number of amides is 4. The maximum absolute atomic E-state index is 16.7. The highest BCUT2D eigenvalue weighted by Gasteiger charge is 2.55. The Bertz CT molecular complexity index is 2710. The average Bonchev–Trinajstić information content (AvgIpc) is 3.95. The van der Waals surface area contributed by atoms with E-state index in [9.17, 15) is 19.2 Å². The average molecular weight is 875 g/mol. The van der Waals surface area contributed by atoms with Crippen molar-refractivity contribution in [3.63, 3.8) is 0 Å². The topological polar surface area (TPSA) is 175 Å². The second-order valence-electron chi connectivity index (χ2n) is 18.7. The Balaban J connectivity index is 0.895. The van der Waals surface area contributed by atoms with Gasteiger partial charge in [-0.05, 0) is 109 Å². The number of imidazole rings is 2. The van der Waals surface area contributed by atoms with Crippen LogP contribution in [-0.4, -0.2) is 92.6 Å². The maximum atomic E-state index is 16.7. The molecule has 16 heteroatoms. The van der Waals surface area contributed by atoms with E-state index < -0.39 is 30.2 Å². The first-order valence-electron chi connectivity index (χ1n) is 22.3. The van der Waals surface area contributed by atoms with Crippen molar-refractivity contribution in [3.8, 4) is 33.5 Å². The van der Waals surface area contributed by atoms with Crippen LogP contribution in [-0.2, 0) is 25.0 Å². The fourth-order valence-corrected chi connectivity index (χ4v) is 10.9. The van der Waals surface area contributed by atoms with Crippen LogP contribution in [0.1, 0.15) is 101 Å². The monoisotopic (exact) mass is 874 g/mol. The van der Waals surface area contributed by atoms with Gasteiger partial charge in [-0.1, -0.05) is 51.1 Å². The van der Waals surface area contributed by atoms with Crippen molar-refractivity contribution >= 4 is 35.0 Å². The second kappa shape index (κ2) is 15.4. The number of piperidine rings is 1. The summed E-state index contributed by atoms with van der Waals surface area (Å²) < 4.78 is 42.9. The van der Waals surface area contributed by atoms with Crippen LogP contribution in [0.5, 0.6) is 0 Å². The van der Waals surface area contributed by atoms with Gasteiger partial charge < -0.3 is 39.9 Å². The number of H-pyrrole nitrogens is 2. The number of nitrogens with one attached hydrogen (secondary N) is 4. The molecule has 2 aliphatic heterocycles. The molecule has 10 rings (SSSR count). The molecule has 5 aliphatic rings. The van der Waals surface area contributed by atoms with Crippen LogP contribution in [0.4, 0.5) is 18.4 Å². The summed E-state index contributed by atoms with van der Waals surface area (Å²) in [5.41, 5.74) is 4.69. The number of alkyl carbamates (subject to hydrolysis) is 2. The molecule has 2 saturated heterocycles. The summed E-state index contributed by atoms with van der Waals surface area (Å²) in [5, 5.41) is 5.38. The summed E-state index contributed by atoms with van der Waals surface area (Å²) in [4.78, 5) is 72.2. The quantitative estimate of drug-likeness (QED) is 0.108. The summed E-state index contributed by atoms with van der Waals surface area (Å²) in [5.74, 6) is -2.35. The molecule has 0 radical (unpaired) electrons. The summed E-state index contributed by atoms with van der Waals surface area (Å²) in [6, 6.07) is 13.8. The normalized spacial score (nSPS) is 23.0. The van der Waals surface area contributed by atoms with Crippen LogP contribution in [0, 0.1) is 17.3 Å². The molecule has 2 bridgehead atoms. The van der Waals surface area contributed by atoms with E-state index in [1.165, 1.54) is 20.3 Å². The van der Waals surface area contributed by atoms with Crippen LogP contribution in [0.15, 0.2) is 60.8 Å². The highest BCUT2D eigenvalue weighted by atomic mass is 19.3. The first-order chi connectivity index (χ1) is 30.7. The van der Waals surface area contributed by atoms with E-state index in [0.717, 1.165) is 49.6 Å². The lowest BCUT2D eigenvalue weighted by molar-refractivity contribution is -0.138. The summed E-state index contributed by atoms with van der Waals surface area (Å²) in [7, 11) is 2.54. The number of nitrogens with zero attached hydrogens (tertiary/aromatic N) is 4. The van der Waals surface area contributed by atoms with Gasteiger partial charge in [0, 0.05) is 29.3 Å². The van der Waals surface area contributed by atoms with Crippen LogP contribution < -0.4 is 10.6 Å². The van der Waals surface area contributed by atoms with Gasteiger partial charge in [0.1, 0.15) is 23.7 Å². The first-order valence-corrected chi connectivity index (χ1v) is 22.3. The number of carbonyl (C=O) groups excluding carboxylic acids is 4. The molecule has 6 unspecified atom stereocenters. The van der Waals surface area contributed by atoms with Crippen LogP contribution in [0.2, 0.25) is 0 Å². The Hall–Kier alpha value is -6.32. The third-order valence-corrected chi connectivity index (χ3v) is 14.5. The lowest BCUT2D eigenvalue weighted by Gasteiger charge is -2.36. The van der Waals surface area contributed by atoms with Gasteiger partial charge in [0.15, 0.2) is 0 Å². The number of hydrogen-bond donors (Lipinski definition) is 4. The predicted octanol–water partition coefficient (Wildman–Crippen LogP) is 8.36. The summed E-state index contributed by atoms with van der Waals surface area (Å²) in [6.45, 7) is 6.15. The molecule has 4 fully saturated rings. The smallest absolute Gasteiger partial charge is 0.407 e. The summed E-state index contributed by atoms with van der Waals surface area (Å²) >= 11 is 0. The van der Waals surface area contributed by atoms with Crippen molar-refractivity contribution < 1.29 is 37.4 Å². The van der Waals surface area contributed by atoms with Gasteiger partial charge in [0.25, 0.3) is 5.92 Å². The molecular formula is C48H52F2N8O6. The number of halogens is 2. The summed E-state index contributed by atoms with van der Waals surface area (Å²) in [6.07, 6.45) is 6.18. The van der Waals surface area contributed by atoms with E-state index in [0.29, 0.717) is 58.1 Å². The number of carbonyl (C=O) groups is 4. The number of aromatic nitrogens is 4. The molecule has 6 atom stereocenters. The number of ether oxygens (including phenoxy) is 2.